The number of amides is 3. The summed E-state index contributed by atoms with van der Waals surface area (Å²) in [6.45, 7) is 9.26. The summed E-state index contributed by atoms with van der Waals surface area (Å²) in [5, 5.41) is 3.36. The Morgan fingerprint density at radius 2 is 1.59 bits per heavy atom. The summed E-state index contributed by atoms with van der Waals surface area (Å²) in [5.74, 6) is -1.57. The Bertz CT molecular complexity index is 1200. The van der Waals surface area contributed by atoms with E-state index in [1.54, 1.807) is 20.8 Å². The second-order valence-corrected chi connectivity index (χ2v) is 11.8. The van der Waals surface area contributed by atoms with Crippen LogP contribution in [0.15, 0.2) is 60.7 Å². The Kier molecular flexibility index (Phi) is 10.8. The number of nitrogens with one attached hydrogen (secondary N) is 2. The maximum absolute atomic E-state index is 14.0. The molecule has 3 atom stereocenters. The van der Waals surface area contributed by atoms with Crippen LogP contribution in [0.25, 0.3) is 0 Å². The molecule has 0 radical (unpaired) electrons. The molecule has 2 N–H and O–H groups in total. The lowest BCUT2D eigenvalue weighted by Crippen LogP contribution is -2.57. The number of rotatable bonds is 11. The highest BCUT2D eigenvalue weighted by atomic mass is 16.6. The predicted molar refractivity (Wildman–Crippen MR) is 156 cm³/mol. The van der Waals surface area contributed by atoms with Crippen LogP contribution in [0.2, 0.25) is 1.41 Å². The molecule has 0 bridgehead atoms. The number of esters is 1. The number of ether oxygens (including phenoxy) is 2. The van der Waals surface area contributed by atoms with Gasteiger partial charge in [-0.3, -0.25) is 9.59 Å². The van der Waals surface area contributed by atoms with Gasteiger partial charge in [-0.15, -0.1) is 0 Å². The third-order valence-electron chi connectivity index (χ3n) is 6.58. The Labute approximate surface area is 244 Å². The monoisotopic (exact) mass is 566 g/mol. The Morgan fingerprint density at radius 3 is 2.17 bits per heavy atom. The van der Waals surface area contributed by atoms with E-state index in [0.29, 0.717) is 24.7 Å². The van der Waals surface area contributed by atoms with Crippen LogP contribution in [-0.2, 0) is 36.9 Å². The summed E-state index contributed by atoms with van der Waals surface area (Å²) in [7, 11) is 0. The minimum absolute atomic E-state index is 0.0262. The topological polar surface area (TPSA) is 114 Å². The van der Waals surface area contributed by atoms with Crippen molar-refractivity contribution >= 4 is 23.9 Å². The fourth-order valence-corrected chi connectivity index (χ4v) is 4.70. The number of nitrogens with zero attached hydrogens (tertiary/aromatic N) is 1. The van der Waals surface area contributed by atoms with Crippen molar-refractivity contribution in [3.8, 4) is 0 Å². The number of hydrogen-bond donors (Lipinski definition) is 2. The van der Waals surface area contributed by atoms with Crippen LogP contribution in [-0.4, -0.2) is 59.0 Å². The second kappa shape index (κ2) is 14.7. The lowest BCUT2D eigenvalue weighted by molar-refractivity contribution is -0.155. The van der Waals surface area contributed by atoms with E-state index in [4.69, 9.17) is 10.9 Å². The zero-order valence-electron chi connectivity index (χ0n) is 25.7. The van der Waals surface area contributed by atoms with Crippen LogP contribution >= 0.6 is 0 Å². The van der Waals surface area contributed by atoms with Crippen LogP contribution in [0.4, 0.5) is 4.79 Å². The van der Waals surface area contributed by atoms with Gasteiger partial charge in [0.05, 0.1) is 0 Å². The number of carbonyl (C=O) groups is 4. The van der Waals surface area contributed by atoms with E-state index < -0.39 is 47.6 Å². The Hall–Kier alpha value is -3.88. The van der Waals surface area contributed by atoms with Gasteiger partial charge in [0, 0.05) is 13.0 Å². The van der Waals surface area contributed by atoms with Crippen molar-refractivity contribution in [1.29, 1.82) is 0 Å². The molecule has 3 rings (SSSR count). The SMILES string of the molecule is [2H]N(C(=O)OC(C)(C)C)[C@@H](CC(C)C)C(=O)N[C@@H](Cc1ccccc1)C(=O)N1CCC[C@H]1C(=O)OCc1ccccc1. The number of carbonyl (C=O) groups excluding carboxylic acids is 4. The molecule has 0 aliphatic carbocycles. The molecular weight excluding hydrogens is 522 g/mol. The third kappa shape index (κ3) is 10.2. The molecule has 2 aromatic rings. The first-order valence-corrected chi connectivity index (χ1v) is 14.2. The standard InChI is InChI=1S/C32H43N3O6/c1-22(2)19-25(34-31(39)41-32(3,4)5)28(36)33-26(20-23-13-8-6-9-14-23)29(37)35-18-12-17-27(35)30(38)40-21-24-15-10-7-11-16-24/h6-11,13-16,22,25-27H,12,17-21H2,1-5H3,(H,33,36)(H,34,39)/t25-,26-,27-/m0/s1/i/hD. The molecule has 3 amide bonds. The summed E-state index contributed by atoms with van der Waals surface area (Å²) < 4.78 is 19.3. The summed E-state index contributed by atoms with van der Waals surface area (Å²) in [6, 6.07) is 15.6. The Balaban J connectivity index is 1.80. The highest BCUT2D eigenvalue weighted by molar-refractivity contribution is 5.93. The van der Waals surface area contributed by atoms with E-state index in [2.05, 4.69) is 5.32 Å². The first-order valence-electron chi connectivity index (χ1n) is 14.7. The fourth-order valence-electron chi connectivity index (χ4n) is 4.70. The van der Waals surface area contributed by atoms with Crippen molar-refractivity contribution < 1.29 is 30.1 Å². The molecule has 0 spiro atoms. The maximum atomic E-state index is 14.0. The van der Waals surface area contributed by atoms with Crippen molar-refractivity contribution in [3.63, 3.8) is 0 Å². The molecule has 1 fully saturated rings. The normalized spacial score (nSPS) is 16.9. The van der Waals surface area contributed by atoms with Gasteiger partial charge in [0.25, 0.3) is 0 Å². The highest BCUT2D eigenvalue weighted by Crippen LogP contribution is 2.22. The maximum Gasteiger partial charge on any atom is 0.408 e. The van der Waals surface area contributed by atoms with Gasteiger partial charge in [-0.1, -0.05) is 74.5 Å². The van der Waals surface area contributed by atoms with E-state index in [-0.39, 0.29) is 25.4 Å². The van der Waals surface area contributed by atoms with Gasteiger partial charge < -0.3 is 25.0 Å². The quantitative estimate of drug-likeness (QED) is 0.390. The molecule has 41 heavy (non-hydrogen) atoms. The van der Waals surface area contributed by atoms with Crippen LogP contribution in [0, 0.1) is 5.92 Å². The van der Waals surface area contributed by atoms with E-state index in [1.165, 1.54) is 4.90 Å². The molecule has 222 valence electrons. The first-order chi connectivity index (χ1) is 19.9. The second-order valence-electron chi connectivity index (χ2n) is 11.8. The third-order valence-corrected chi connectivity index (χ3v) is 6.58. The molecule has 0 unspecified atom stereocenters. The van der Waals surface area contributed by atoms with Gasteiger partial charge in [-0.25, -0.2) is 9.59 Å². The van der Waals surface area contributed by atoms with Crippen LogP contribution in [0.5, 0.6) is 0 Å². The van der Waals surface area contributed by atoms with Gasteiger partial charge >= 0.3 is 12.1 Å². The highest BCUT2D eigenvalue weighted by Gasteiger charge is 2.39. The molecule has 1 heterocycles. The van der Waals surface area contributed by atoms with Crippen LogP contribution < -0.4 is 10.6 Å². The first kappa shape index (κ1) is 30.1. The molecule has 1 aliphatic rings. The zero-order chi connectivity index (χ0) is 30.9. The van der Waals surface area contributed by atoms with Crippen molar-refractivity contribution in [1.82, 2.24) is 15.5 Å². The van der Waals surface area contributed by atoms with Crippen molar-refractivity contribution in [2.45, 2.75) is 90.6 Å². The smallest absolute Gasteiger partial charge is 0.408 e. The number of likely N-dealkylation sites (tertiary alicyclic amines) is 1. The number of benzene rings is 2. The minimum Gasteiger partial charge on any atom is -0.459 e. The molecule has 0 aromatic heterocycles. The average Bonchev–Trinajstić information content (AvgIpc) is 3.44. The number of hydrogen-bond acceptors (Lipinski definition) is 6. The fraction of sp³-hybridized carbons (Fsp3) is 0.500. The van der Waals surface area contributed by atoms with Gasteiger partial charge in [-0.2, -0.15) is 0 Å². The molecular formula is C32H43N3O6. The predicted octanol–water partition coefficient (Wildman–Crippen LogP) is 4.39. The Morgan fingerprint density at radius 1 is 0.976 bits per heavy atom. The van der Waals surface area contributed by atoms with Crippen molar-refractivity contribution in [2.24, 2.45) is 5.92 Å². The molecule has 0 saturated carbocycles. The molecule has 1 saturated heterocycles. The van der Waals surface area contributed by atoms with Gasteiger partial charge in [0.1, 0.15) is 30.3 Å². The van der Waals surface area contributed by atoms with E-state index in [0.717, 1.165) is 11.1 Å². The van der Waals surface area contributed by atoms with E-state index in [1.807, 2.05) is 74.5 Å². The average molecular weight is 567 g/mol. The lowest BCUT2D eigenvalue weighted by Gasteiger charge is -2.30. The summed E-state index contributed by atoms with van der Waals surface area (Å²) in [5.41, 5.74) is 0.812. The molecule has 9 nitrogen and oxygen atoms in total. The van der Waals surface area contributed by atoms with Gasteiger partial charge in [-0.05, 0) is 57.1 Å². The minimum atomic E-state index is -1.18. The molecule has 2 aromatic carbocycles. The molecule has 1 aliphatic heterocycles. The number of alkyl carbamates (subject to hydrolysis) is 1. The molecule has 9 heteroatoms. The van der Waals surface area contributed by atoms with Crippen molar-refractivity contribution in [3.05, 3.63) is 71.8 Å². The van der Waals surface area contributed by atoms with Gasteiger partial charge in [0.15, 0.2) is 1.41 Å². The lowest BCUT2D eigenvalue weighted by atomic mass is 10.0. The summed E-state index contributed by atoms with van der Waals surface area (Å²) in [6.07, 6.45) is 0.499. The van der Waals surface area contributed by atoms with Gasteiger partial charge in [0.2, 0.25) is 11.8 Å². The van der Waals surface area contributed by atoms with E-state index >= 15 is 0 Å². The van der Waals surface area contributed by atoms with Crippen molar-refractivity contribution in [2.75, 3.05) is 6.54 Å². The van der Waals surface area contributed by atoms with Crippen LogP contribution in [0.1, 0.15) is 65.0 Å². The largest absolute Gasteiger partial charge is 0.459 e. The zero-order valence-corrected chi connectivity index (χ0v) is 24.7. The summed E-state index contributed by atoms with van der Waals surface area (Å²) >= 11 is 0. The van der Waals surface area contributed by atoms with E-state index in [9.17, 15) is 19.2 Å². The summed E-state index contributed by atoms with van der Waals surface area (Å²) in [4.78, 5) is 54.8. The van der Waals surface area contributed by atoms with Crippen LogP contribution in [0.3, 0.4) is 0 Å².